The molecular formula is C16H21N5O. The fourth-order valence-corrected chi connectivity index (χ4v) is 1.94. The van der Waals surface area contributed by atoms with Gasteiger partial charge in [0.2, 0.25) is 0 Å². The van der Waals surface area contributed by atoms with Gasteiger partial charge in [0.05, 0.1) is 0 Å². The summed E-state index contributed by atoms with van der Waals surface area (Å²) >= 11 is 0. The molecule has 0 spiro atoms. The SMILES string of the molecule is CCCCNc1ncnc(Nc2ccc(C(C)=O)cc2)c1N. The predicted octanol–water partition coefficient (Wildman–Crippen LogP) is 3.22. The van der Waals surface area contributed by atoms with E-state index < -0.39 is 0 Å². The maximum Gasteiger partial charge on any atom is 0.159 e. The van der Waals surface area contributed by atoms with Crippen molar-refractivity contribution < 1.29 is 4.79 Å². The fraction of sp³-hybridized carbons (Fsp3) is 0.312. The molecule has 0 saturated carbocycles. The van der Waals surface area contributed by atoms with E-state index in [1.54, 1.807) is 19.1 Å². The first kappa shape index (κ1) is 15.8. The van der Waals surface area contributed by atoms with E-state index in [-0.39, 0.29) is 5.78 Å². The summed E-state index contributed by atoms with van der Waals surface area (Å²) in [6.07, 6.45) is 3.63. The maximum atomic E-state index is 11.3. The molecule has 0 saturated heterocycles. The molecule has 1 aromatic heterocycles. The standard InChI is InChI=1S/C16H21N5O/c1-3-4-9-18-15-14(17)16(20-10-19-15)21-13-7-5-12(6-8-13)11(2)22/h5-8,10H,3-4,9,17H2,1-2H3,(H2,18,19,20,21). The first-order valence-corrected chi connectivity index (χ1v) is 7.34. The Hall–Kier alpha value is -2.63. The number of rotatable bonds is 7. The molecule has 116 valence electrons. The number of carbonyl (C=O) groups excluding carboxylic acids is 1. The van der Waals surface area contributed by atoms with E-state index in [0.29, 0.717) is 22.9 Å². The third-order valence-electron chi connectivity index (χ3n) is 3.26. The van der Waals surface area contributed by atoms with Crippen molar-refractivity contribution >= 4 is 28.8 Å². The molecule has 0 unspecified atom stereocenters. The van der Waals surface area contributed by atoms with Crippen molar-refractivity contribution in [3.8, 4) is 0 Å². The molecule has 1 aromatic carbocycles. The lowest BCUT2D eigenvalue weighted by atomic mass is 10.1. The Bertz CT molecular complexity index is 639. The summed E-state index contributed by atoms with van der Waals surface area (Å²) in [6, 6.07) is 7.18. The highest BCUT2D eigenvalue weighted by Gasteiger charge is 2.08. The number of unbranched alkanes of at least 4 members (excludes halogenated alkanes) is 1. The molecule has 0 aliphatic carbocycles. The monoisotopic (exact) mass is 299 g/mol. The second-order valence-corrected chi connectivity index (χ2v) is 5.02. The van der Waals surface area contributed by atoms with Gasteiger partial charge in [0.15, 0.2) is 17.4 Å². The molecule has 6 nitrogen and oxygen atoms in total. The number of Topliss-reactive ketones (excluding diaryl/α,β-unsaturated/α-hetero) is 1. The quantitative estimate of drug-likeness (QED) is 0.537. The van der Waals surface area contributed by atoms with Crippen LogP contribution in [0.5, 0.6) is 0 Å². The lowest BCUT2D eigenvalue weighted by molar-refractivity contribution is 0.101. The van der Waals surface area contributed by atoms with E-state index in [0.717, 1.165) is 25.1 Å². The van der Waals surface area contributed by atoms with E-state index in [2.05, 4.69) is 27.5 Å². The Kier molecular flexibility index (Phi) is 5.30. The number of hydrogen-bond donors (Lipinski definition) is 3. The van der Waals surface area contributed by atoms with Crippen molar-refractivity contribution in [2.24, 2.45) is 0 Å². The van der Waals surface area contributed by atoms with Crippen LogP contribution in [-0.4, -0.2) is 22.3 Å². The fourth-order valence-electron chi connectivity index (χ4n) is 1.94. The zero-order valence-electron chi connectivity index (χ0n) is 12.9. The molecule has 4 N–H and O–H groups in total. The molecule has 2 rings (SSSR count). The van der Waals surface area contributed by atoms with Gasteiger partial charge in [0.1, 0.15) is 12.0 Å². The van der Waals surface area contributed by atoms with Gasteiger partial charge >= 0.3 is 0 Å². The summed E-state index contributed by atoms with van der Waals surface area (Å²) in [6.45, 7) is 4.49. The van der Waals surface area contributed by atoms with Gasteiger partial charge in [-0.1, -0.05) is 13.3 Å². The predicted molar refractivity (Wildman–Crippen MR) is 89.6 cm³/mol. The topological polar surface area (TPSA) is 92.9 Å². The van der Waals surface area contributed by atoms with E-state index >= 15 is 0 Å². The maximum absolute atomic E-state index is 11.3. The molecule has 0 aliphatic heterocycles. The highest BCUT2D eigenvalue weighted by Crippen LogP contribution is 2.25. The molecule has 0 bridgehead atoms. The van der Waals surface area contributed by atoms with Crippen LogP contribution in [0, 0.1) is 0 Å². The smallest absolute Gasteiger partial charge is 0.159 e. The van der Waals surface area contributed by atoms with Gasteiger partial charge in [0.25, 0.3) is 0 Å². The molecule has 0 aliphatic rings. The molecule has 2 aromatic rings. The van der Waals surface area contributed by atoms with Gasteiger partial charge in [-0.25, -0.2) is 9.97 Å². The third kappa shape index (κ3) is 3.94. The summed E-state index contributed by atoms with van der Waals surface area (Å²) in [5.41, 5.74) is 8.05. The van der Waals surface area contributed by atoms with Crippen LogP contribution >= 0.6 is 0 Å². The lowest BCUT2D eigenvalue weighted by Gasteiger charge is -2.12. The summed E-state index contributed by atoms with van der Waals surface area (Å²) in [5, 5.41) is 6.35. The van der Waals surface area contributed by atoms with Crippen molar-refractivity contribution in [2.75, 3.05) is 22.9 Å². The Morgan fingerprint density at radius 2 is 1.86 bits per heavy atom. The number of nitrogens with zero attached hydrogens (tertiary/aromatic N) is 2. The van der Waals surface area contributed by atoms with Crippen LogP contribution in [-0.2, 0) is 0 Å². The molecule has 1 heterocycles. The average Bonchev–Trinajstić information content (AvgIpc) is 2.51. The van der Waals surface area contributed by atoms with Crippen molar-refractivity contribution in [3.63, 3.8) is 0 Å². The van der Waals surface area contributed by atoms with Crippen LogP contribution in [0.1, 0.15) is 37.0 Å². The van der Waals surface area contributed by atoms with Gasteiger partial charge in [-0.2, -0.15) is 0 Å². The molecular weight excluding hydrogens is 278 g/mol. The Balaban J connectivity index is 2.12. The molecule has 22 heavy (non-hydrogen) atoms. The lowest BCUT2D eigenvalue weighted by Crippen LogP contribution is -2.09. The Labute approximate surface area is 130 Å². The van der Waals surface area contributed by atoms with Crippen molar-refractivity contribution in [2.45, 2.75) is 26.7 Å². The van der Waals surface area contributed by atoms with Crippen LogP contribution in [0.25, 0.3) is 0 Å². The first-order chi connectivity index (χ1) is 10.6. The van der Waals surface area contributed by atoms with E-state index in [4.69, 9.17) is 5.73 Å². The van der Waals surface area contributed by atoms with E-state index in [1.165, 1.54) is 6.33 Å². The zero-order chi connectivity index (χ0) is 15.9. The molecule has 0 fully saturated rings. The number of nitrogen functional groups attached to an aromatic ring is 1. The number of anilines is 4. The third-order valence-corrected chi connectivity index (χ3v) is 3.26. The van der Waals surface area contributed by atoms with Crippen molar-refractivity contribution in [1.29, 1.82) is 0 Å². The minimum atomic E-state index is 0.0375. The second kappa shape index (κ2) is 7.40. The van der Waals surface area contributed by atoms with Crippen LogP contribution in [0.3, 0.4) is 0 Å². The van der Waals surface area contributed by atoms with E-state index in [9.17, 15) is 4.79 Å². The summed E-state index contributed by atoms with van der Waals surface area (Å²) < 4.78 is 0. The van der Waals surface area contributed by atoms with Gasteiger partial charge in [0, 0.05) is 17.8 Å². The second-order valence-electron chi connectivity index (χ2n) is 5.02. The highest BCUT2D eigenvalue weighted by molar-refractivity contribution is 5.94. The minimum absolute atomic E-state index is 0.0375. The summed E-state index contributed by atoms with van der Waals surface area (Å²) in [4.78, 5) is 19.6. The molecule has 0 radical (unpaired) electrons. The van der Waals surface area contributed by atoms with Crippen LogP contribution in [0.2, 0.25) is 0 Å². The Morgan fingerprint density at radius 1 is 1.18 bits per heavy atom. The van der Waals surface area contributed by atoms with Gasteiger partial charge in [-0.15, -0.1) is 0 Å². The van der Waals surface area contributed by atoms with Gasteiger partial charge in [-0.3, -0.25) is 4.79 Å². The van der Waals surface area contributed by atoms with Crippen molar-refractivity contribution in [1.82, 2.24) is 9.97 Å². The largest absolute Gasteiger partial charge is 0.393 e. The highest BCUT2D eigenvalue weighted by atomic mass is 16.1. The minimum Gasteiger partial charge on any atom is -0.393 e. The van der Waals surface area contributed by atoms with Gasteiger partial charge < -0.3 is 16.4 Å². The van der Waals surface area contributed by atoms with Crippen LogP contribution in [0.15, 0.2) is 30.6 Å². The number of ketones is 1. The number of benzene rings is 1. The number of nitrogens with two attached hydrogens (primary N) is 1. The first-order valence-electron chi connectivity index (χ1n) is 7.34. The Morgan fingerprint density at radius 3 is 2.50 bits per heavy atom. The van der Waals surface area contributed by atoms with Crippen LogP contribution < -0.4 is 16.4 Å². The molecule has 0 atom stereocenters. The van der Waals surface area contributed by atoms with E-state index in [1.807, 2.05) is 12.1 Å². The van der Waals surface area contributed by atoms with Crippen molar-refractivity contribution in [3.05, 3.63) is 36.2 Å². The number of nitrogens with one attached hydrogen (secondary N) is 2. The van der Waals surface area contributed by atoms with Gasteiger partial charge in [-0.05, 0) is 37.6 Å². The molecule has 0 amide bonds. The average molecular weight is 299 g/mol. The normalized spacial score (nSPS) is 10.3. The zero-order valence-corrected chi connectivity index (χ0v) is 12.9. The number of aromatic nitrogens is 2. The van der Waals surface area contributed by atoms with Crippen LogP contribution in [0.4, 0.5) is 23.0 Å². The summed E-state index contributed by atoms with van der Waals surface area (Å²) in [5.74, 6) is 1.21. The summed E-state index contributed by atoms with van der Waals surface area (Å²) in [7, 11) is 0. The number of hydrogen-bond acceptors (Lipinski definition) is 6. The number of carbonyl (C=O) groups is 1. The molecule has 6 heteroatoms.